The Balaban J connectivity index is 2.18. The van der Waals surface area contributed by atoms with Crippen molar-refractivity contribution < 1.29 is 23.8 Å². The van der Waals surface area contributed by atoms with Crippen LogP contribution in [0.4, 0.5) is 0 Å². The first-order valence-electron chi connectivity index (χ1n) is 6.25. The van der Waals surface area contributed by atoms with Gasteiger partial charge in [0.1, 0.15) is 12.2 Å². The topological polar surface area (TPSA) is 92.7 Å². The molecule has 6 heteroatoms. The van der Waals surface area contributed by atoms with Crippen LogP contribution in [-0.4, -0.2) is 17.7 Å². The van der Waals surface area contributed by atoms with Gasteiger partial charge >= 0.3 is 5.97 Å². The van der Waals surface area contributed by atoms with Gasteiger partial charge in [-0.15, -0.1) is 0 Å². The van der Waals surface area contributed by atoms with Gasteiger partial charge in [-0.25, -0.2) is 4.79 Å². The first-order chi connectivity index (χ1) is 10.2. The van der Waals surface area contributed by atoms with Crippen LogP contribution in [0.25, 0.3) is 0 Å². The molecule has 108 valence electrons. The number of hydrogen-bond donors (Lipinski definition) is 1. The van der Waals surface area contributed by atoms with Crippen LogP contribution >= 0.6 is 0 Å². The molecule has 0 amide bonds. The minimum Gasteiger partial charge on any atom is -0.490 e. The lowest BCUT2D eigenvalue weighted by Crippen LogP contribution is -2.04. The summed E-state index contributed by atoms with van der Waals surface area (Å²) in [5, 5.41) is 17.9. The third-order valence-electron chi connectivity index (χ3n) is 2.71. The molecular formula is C15H13NO5. The summed E-state index contributed by atoms with van der Waals surface area (Å²) in [6, 6.07) is 8.15. The van der Waals surface area contributed by atoms with E-state index in [9.17, 15) is 4.79 Å². The Morgan fingerprint density at radius 2 is 2.14 bits per heavy atom. The third-order valence-corrected chi connectivity index (χ3v) is 2.71. The highest BCUT2D eigenvalue weighted by Gasteiger charge is 2.15. The molecule has 1 heterocycles. The summed E-state index contributed by atoms with van der Waals surface area (Å²) >= 11 is 0. The van der Waals surface area contributed by atoms with E-state index in [0.29, 0.717) is 23.7 Å². The van der Waals surface area contributed by atoms with Gasteiger partial charge in [-0.3, -0.25) is 0 Å². The molecule has 2 aromatic rings. The Labute approximate surface area is 121 Å². The fourth-order valence-electron chi connectivity index (χ4n) is 1.75. The standard InChI is InChI=1S/C15H13NO5/c1-2-19-13-7-10(8-16)3-4-12(13)21-9-14-11(15(17)18)5-6-20-14/h3-7H,2,9H2,1H3,(H,17,18). The Kier molecular flexibility index (Phi) is 4.46. The van der Waals surface area contributed by atoms with Crippen LogP contribution in [0.3, 0.4) is 0 Å². The van der Waals surface area contributed by atoms with E-state index in [-0.39, 0.29) is 17.9 Å². The van der Waals surface area contributed by atoms with Gasteiger partial charge in [-0.05, 0) is 25.1 Å². The summed E-state index contributed by atoms with van der Waals surface area (Å²) in [5.74, 6) is -0.00918. The quantitative estimate of drug-likeness (QED) is 0.878. The van der Waals surface area contributed by atoms with Crippen molar-refractivity contribution in [1.82, 2.24) is 0 Å². The maximum Gasteiger partial charge on any atom is 0.339 e. The van der Waals surface area contributed by atoms with Gasteiger partial charge in [0.15, 0.2) is 17.3 Å². The molecule has 21 heavy (non-hydrogen) atoms. The number of carboxylic acids is 1. The molecule has 0 atom stereocenters. The molecule has 0 aliphatic heterocycles. The fraction of sp³-hybridized carbons (Fsp3) is 0.200. The van der Waals surface area contributed by atoms with Gasteiger partial charge in [0.05, 0.1) is 24.5 Å². The highest BCUT2D eigenvalue weighted by molar-refractivity contribution is 5.88. The third kappa shape index (κ3) is 3.34. The Morgan fingerprint density at radius 1 is 1.33 bits per heavy atom. The Morgan fingerprint density at radius 3 is 2.81 bits per heavy atom. The lowest BCUT2D eigenvalue weighted by atomic mass is 10.2. The van der Waals surface area contributed by atoms with E-state index in [1.54, 1.807) is 18.2 Å². The van der Waals surface area contributed by atoms with Gasteiger partial charge in [0.25, 0.3) is 0 Å². The van der Waals surface area contributed by atoms with Crippen LogP contribution in [0.2, 0.25) is 0 Å². The lowest BCUT2D eigenvalue weighted by Gasteiger charge is -2.11. The molecule has 0 spiro atoms. The average Bonchev–Trinajstić information content (AvgIpc) is 2.95. The van der Waals surface area contributed by atoms with E-state index >= 15 is 0 Å². The number of aromatic carboxylic acids is 1. The molecule has 0 fully saturated rings. The van der Waals surface area contributed by atoms with Crippen molar-refractivity contribution in [3.63, 3.8) is 0 Å². The molecule has 1 aromatic carbocycles. The number of carbonyl (C=O) groups is 1. The minimum absolute atomic E-state index is 0.0411. The molecule has 1 N–H and O–H groups in total. The summed E-state index contributed by atoms with van der Waals surface area (Å²) in [5.41, 5.74) is 0.511. The molecule has 0 aliphatic rings. The molecule has 0 radical (unpaired) electrons. The van der Waals surface area contributed by atoms with Gasteiger partial charge in [-0.2, -0.15) is 5.26 Å². The minimum atomic E-state index is -1.08. The predicted octanol–water partition coefficient (Wildman–Crippen LogP) is 2.83. The predicted molar refractivity (Wildman–Crippen MR) is 72.3 cm³/mol. The van der Waals surface area contributed by atoms with Gasteiger partial charge in [-0.1, -0.05) is 0 Å². The van der Waals surface area contributed by atoms with E-state index in [0.717, 1.165) is 0 Å². The Hall–Kier alpha value is -2.94. The number of hydrogen-bond acceptors (Lipinski definition) is 5. The van der Waals surface area contributed by atoms with Crippen LogP contribution in [0.1, 0.15) is 28.6 Å². The molecule has 0 saturated heterocycles. The van der Waals surface area contributed by atoms with E-state index < -0.39 is 5.97 Å². The van der Waals surface area contributed by atoms with Crippen molar-refractivity contribution in [2.45, 2.75) is 13.5 Å². The highest BCUT2D eigenvalue weighted by atomic mass is 16.5. The number of nitriles is 1. The van der Waals surface area contributed by atoms with Crippen LogP contribution in [-0.2, 0) is 6.61 Å². The van der Waals surface area contributed by atoms with Crippen LogP contribution in [0.5, 0.6) is 11.5 Å². The number of nitrogens with zero attached hydrogens (tertiary/aromatic N) is 1. The van der Waals surface area contributed by atoms with Crippen molar-refractivity contribution in [2.75, 3.05) is 6.61 Å². The summed E-state index contributed by atoms with van der Waals surface area (Å²) in [6.45, 7) is 2.20. The lowest BCUT2D eigenvalue weighted by molar-refractivity contribution is 0.0692. The second-order valence-corrected chi connectivity index (χ2v) is 4.06. The smallest absolute Gasteiger partial charge is 0.339 e. The maximum atomic E-state index is 11.0. The first-order valence-corrected chi connectivity index (χ1v) is 6.25. The number of carboxylic acid groups (broad SMARTS) is 1. The van der Waals surface area contributed by atoms with Crippen molar-refractivity contribution >= 4 is 5.97 Å². The van der Waals surface area contributed by atoms with Crippen LogP contribution in [0.15, 0.2) is 34.9 Å². The van der Waals surface area contributed by atoms with Crippen LogP contribution < -0.4 is 9.47 Å². The molecular weight excluding hydrogens is 274 g/mol. The van der Waals surface area contributed by atoms with Crippen molar-refractivity contribution in [3.8, 4) is 17.6 Å². The molecule has 1 aromatic heterocycles. The zero-order valence-electron chi connectivity index (χ0n) is 11.3. The average molecular weight is 287 g/mol. The Bertz CT molecular complexity index is 684. The second-order valence-electron chi connectivity index (χ2n) is 4.06. The summed E-state index contributed by atoms with van der Waals surface area (Å²) in [7, 11) is 0. The molecule has 0 unspecified atom stereocenters. The number of benzene rings is 1. The van der Waals surface area contributed by atoms with E-state index in [4.69, 9.17) is 24.3 Å². The monoisotopic (exact) mass is 287 g/mol. The van der Waals surface area contributed by atoms with Crippen molar-refractivity contribution in [1.29, 1.82) is 5.26 Å². The number of furan rings is 1. The molecule has 6 nitrogen and oxygen atoms in total. The molecule has 0 bridgehead atoms. The normalized spacial score (nSPS) is 9.90. The summed E-state index contributed by atoms with van der Waals surface area (Å²) in [4.78, 5) is 11.0. The highest BCUT2D eigenvalue weighted by Crippen LogP contribution is 2.29. The summed E-state index contributed by atoms with van der Waals surface area (Å²) < 4.78 is 16.0. The van der Waals surface area contributed by atoms with E-state index in [2.05, 4.69) is 0 Å². The molecule has 2 rings (SSSR count). The van der Waals surface area contributed by atoms with Gasteiger partial charge in [0, 0.05) is 6.07 Å². The van der Waals surface area contributed by atoms with E-state index in [1.807, 2.05) is 13.0 Å². The molecule has 0 aliphatic carbocycles. The largest absolute Gasteiger partial charge is 0.490 e. The van der Waals surface area contributed by atoms with Crippen molar-refractivity contribution in [3.05, 3.63) is 47.4 Å². The van der Waals surface area contributed by atoms with Gasteiger partial charge < -0.3 is 19.0 Å². The SMILES string of the molecule is CCOc1cc(C#N)ccc1OCc1occc1C(=O)O. The number of ether oxygens (including phenoxy) is 2. The maximum absolute atomic E-state index is 11.0. The van der Waals surface area contributed by atoms with Crippen molar-refractivity contribution in [2.24, 2.45) is 0 Å². The van der Waals surface area contributed by atoms with Crippen LogP contribution in [0, 0.1) is 11.3 Å². The summed E-state index contributed by atoms with van der Waals surface area (Å²) in [6.07, 6.45) is 1.30. The van der Waals surface area contributed by atoms with E-state index in [1.165, 1.54) is 12.3 Å². The zero-order valence-corrected chi connectivity index (χ0v) is 11.3. The first kappa shape index (κ1) is 14.5. The number of rotatable bonds is 6. The zero-order chi connectivity index (χ0) is 15.2. The van der Waals surface area contributed by atoms with Gasteiger partial charge in [0.2, 0.25) is 0 Å². The second kappa shape index (κ2) is 6.48. The fourth-order valence-corrected chi connectivity index (χ4v) is 1.75. The molecule has 0 saturated carbocycles.